The molecule has 0 aliphatic carbocycles. The van der Waals surface area contributed by atoms with E-state index >= 15 is 0 Å². The van der Waals surface area contributed by atoms with E-state index in [1.54, 1.807) is 0 Å². The van der Waals surface area contributed by atoms with Crippen LogP contribution in [0.15, 0.2) is 46.9 Å². The molecule has 1 atom stereocenters. The molecule has 2 aromatic carbocycles. The number of esters is 1. The molecule has 0 amide bonds. The summed E-state index contributed by atoms with van der Waals surface area (Å²) in [6.45, 7) is 0. The number of fused-ring (bicyclic) bond motifs is 1. The molecule has 2 aromatic rings. The molecule has 4 heteroatoms. The normalized spacial score (nSPS) is 17.8. The van der Waals surface area contributed by atoms with Gasteiger partial charge in [0.05, 0.1) is 10.0 Å². The van der Waals surface area contributed by atoms with E-state index in [-0.39, 0.29) is 16.4 Å². The van der Waals surface area contributed by atoms with E-state index < -0.39 is 5.97 Å². The maximum Gasteiger partial charge on any atom is 0.339 e. The monoisotopic (exact) mass is 320 g/mol. The quantitative estimate of drug-likeness (QED) is 0.741. The minimum absolute atomic E-state index is 0.279. The molecule has 1 aliphatic rings. The highest BCUT2D eigenvalue weighted by molar-refractivity contribution is 9.10. The van der Waals surface area contributed by atoms with Crippen LogP contribution in [0.4, 0.5) is 4.39 Å². The standard InChI is InChI=1S/C15H10BrFO2/c16-12-8-11-10(6-13(12)17)7-14(19-15(11)18)9-4-2-1-3-5-9/h1-6,8,14H,7H2. The molecule has 1 heterocycles. The van der Waals surface area contributed by atoms with Crippen molar-refractivity contribution in [1.29, 1.82) is 0 Å². The highest BCUT2D eigenvalue weighted by atomic mass is 79.9. The fourth-order valence-corrected chi connectivity index (χ4v) is 2.58. The smallest absolute Gasteiger partial charge is 0.339 e. The van der Waals surface area contributed by atoms with Gasteiger partial charge in [-0.1, -0.05) is 30.3 Å². The van der Waals surface area contributed by atoms with E-state index in [9.17, 15) is 9.18 Å². The summed E-state index contributed by atoms with van der Waals surface area (Å²) in [5, 5.41) is 0. The lowest BCUT2D eigenvalue weighted by atomic mass is 9.94. The first-order valence-corrected chi connectivity index (χ1v) is 6.68. The van der Waals surface area contributed by atoms with Crippen LogP contribution in [0.5, 0.6) is 0 Å². The Labute approximate surface area is 118 Å². The summed E-state index contributed by atoms with van der Waals surface area (Å²) >= 11 is 3.08. The van der Waals surface area contributed by atoms with Crippen molar-refractivity contribution >= 4 is 21.9 Å². The van der Waals surface area contributed by atoms with Gasteiger partial charge < -0.3 is 4.74 Å². The van der Waals surface area contributed by atoms with Crippen molar-refractivity contribution in [3.8, 4) is 0 Å². The molecule has 19 heavy (non-hydrogen) atoms. The number of ether oxygens (including phenoxy) is 1. The van der Waals surface area contributed by atoms with Gasteiger partial charge in [0.15, 0.2) is 0 Å². The average molecular weight is 321 g/mol. The third kappa shape index (κ3) is 2.28. The zero-order chi connectivity index (χ0) is 13.4. The van der Waals surface area contributed by atoms with Crippen molar-refractivity contribution in [1.82, 2.24) is 0 Å². The lowest BCUT2D eigenvalue weighted by molar-refractivity contribution is 0.0252. The van der Waals surface area contributed by atoms with Gasteiger partial charge in [0.1, 0.15) is 11.9 Å². The number of cyclic esters (lactones) is 1. The Kier molecular flexibility index (Phi) is 3.11. The predicted octanol–water partition coefficient (Wildman–Crippen LogP) is 4.04. The Balaban J connectivity index is 2.00. The van der Waals surface area contributed by atoms with E-state index in [0.29, 0.717) is 17.5 Å². The van der Waals surface area contributed by atoms with Gasteiger partial charge >= 0.3 is 5.97 Å². The zero-order valence-electron chi connectivity index (χ0n) is 9.90. The molecule has 0 radical (unpaired) electrons. The Morgan fingerprint density at radius 1 is 1.21 bits per heavy atom. The Hall–Kier alpha value is -1.68. The third-order valence-electron chi connectivity index (χ3n) is 3.19. The van der Waals surface area contributed by atoms with Crippen LogP contribution in [0.3, 0.4) is 0 Å². The highest BCUT2D eigenvalue weighted by Gasteiger charge is 2.28. The first-order valence-electron chi connectivity index (χ1n) is 5.89. The van der Waals surface area contributed by atoms with Crippen molar-refractivity contribution in [2.75, 3.05) is 0 Å². The molecule has 0 spiro atoms. The second kappa shape index (κ2) is 4.78. The number of benzene rings is 2. The molecular weight excluding hydrogens is 311 g/mol. The van der Waals surface area contributed by atoms with Gasteiger partial charge in [-0.2, -0.15) is 0 Å². The SMILES string of the molecule is O=C1OC(c2ccccc2)Cc2cc(F)c(Br)cc21. The molecule has 3 rings (SSSR count). The number of carbonyl (C=O) groups is 1. The molecule has 0 fully saturated rings. The molecule has 0 aromatic heterocycles. The second-order valence-corrected chi connectivity index (χ2v) is 5.29. The largest absolute Gasteiger partial charge is 0.454 e. The molecule has 0 N–H and O–H groups in total. The van der Waals surface area contributed by atoms with Gasteiger partial charge in [0.2, 0.25) is 0 Å². The maximum absolute atomic E-state index is 13.6. The lowest BCUT2D eigenvalue weighted by Crippen LogP contribution is -2.22. The number of hydrogen-bond donors (Lipinski definition) is 0. The van der Waals surface area contributed by atoms with E-state index in [1.807, 2.05) is 30.3 Å². The zero-order valence-corrected chi connectivity index (χ0v) is 11.5. The molecule has 1 unspecified atom stereocenters. The number of halogens is 2. The van der Waals surface area contributed by atoms with E-state index in [2.05, 4.69) is 15.9 Å². The van der Waals surface area contributed by atoms with Crippen molar-refractivity contribution in [2.24, 2.45) is 0 Å². The summed E-state index contributed by atoms with van der Waals surface area (Å²) in [5.74, 6) is -0.768. The summed E-state index contributed by atoms with van der Waals surface area (Å²) in [5.41, 5.74) is 2.04. The van der Waals surface area contributed by atoms with Crippen molar-refractivity contribution in [2.45, 2.75) is 12.5 Å². The van der Waals surface area contributed by atoms with Gasteiger partial charge in [-0.3, -0.25) is 0 Å². The van der Waals surface area contributed by atoms with Crippen LogP contribution in [-0.2, 0) is 11.2 Å². The van der Waals surface area contributed by atoms with E-state index in [1.165, 1.54) is 12.1 Å². The van der Waals surface area contributed by atoms with Gasteiger partial charge in [-0.05, 0) is 39.2 Å². The molecule has 0 bridgehead atoms. The summed E-state index contributed by atoms with van der Waals surface area (Å²) in [6, 6.07) is 12.4. The average Bonchev–Trinajstić information content (AvgIpc) is 2.42. The Morgan fingerprint density at radius 2 is 1.95 bits per heavy atom. The molecule has 1 aliphatic heterocycles. The molecule has 0 saturated heterocycles. The van der Waals surface area contributed by atoms with Crippen LogP contribution in [0, 0.1) is 5.82 Å². The summed E-state index contributed by atoms with van der Waals surface area (Å²) in [4.78, 5) is 12.0. The van der Waals surface area contributed by atoms with Crippen LogP contribution in [0.1, 0.15) is 27.6 Å². The first kappa shape index (κ1) is 12.4. The fourth-order valence-electron chi connectivity index (χ4n) is 2.23. The van der Waals surface area contributed by atoms with E-state index in [0.717, 1.165) is 5.56 Å². The van der Waals surface area contributed by atoms with Gasteiger partial charge in [0.25, 0.3) is 0 Å². The Morgan fingerprint density at radius 3 is 2.68 bits per heavy atom. The van der Waals surface area contributed by atoms with Crippen molar-refractivity contribution < 1.29 is 13.9 Å². The highest BCUT2D eigenvalue weighted by Crippen LogP contribution is 2.32. The summed E-state index contributed by atoms with van der Waals surface area (Å²) < 4.78 is 19.3. The Bertz CT molecular complexity index is 640. The fraction of sp³-hybridized carbons (Fsp3) is 0.133. The number of hydrogen-bond acceptors (Lipinski definition) is 2. The predicted molar refractivity (Wildman–Crippen MR) is 72.4 cm³/mol. The van der Waals surface area contributed by atoms with Crippen LogP contribution in [0.25, 0.3) is 0 Å². The van der Waals surface area contributed by atoms with Gasteiger partial charge in [-0.25, -0.2) is 9.18 Å². The molecular formula is C15H10BrFO2. The number of rotatable bonds is 1. The summed E-state index contributed by atoms with van der Waals surface area (Å²) in [6.07, 6.45) is 0.150. The van der Waals surface area contributed by atoms with Crippen molar-refractivity contribution in [3.05, 3.63) is 69.4 Å². The summed E-state index contributed by atoms with van der Waals surface area (Å²) in [7, 11) is 0. The second-order valence-electron chi connectivity index (χ2n) is 4.43. The minimum Gasteiger partial charge on any atom is -0.454 e. The maximum atomic E-state index is 13.6. The van der Waals surface area contributed by atoms with E-state index in [4.69, 9.17) is 4.74 Å². The van der Waals surface area contributed by atoms with Crippen LogP contribution in [-0.4, -0.2) is 5.97 Å². The van der Waals surface area contributed by atoms with Crippen molar-refractivity contribution in [3.63, 3.8) is 0 Å². The van der Waals surface area contributed by atoms with Crippen LogP contribution in [0.2, 0.25) is 0 Å². The first-order chi connectivity index (χ1) is 9.15. The molecule has 96 valence electrons. The lowest BCUT2D eigenvalue weighted by Gasteiger charge is -2.25. The van der Waals surface area contributed by atoms with Gasteiger partial charge in [0, 0.05) is 6.42 Å². The van der Waals surface area contributed by atoms with Crippen LogP contribution >= 0.6 is 15.9 Å². The number of carbonyl (C=O) groups excluding carboxylic acids is 1. The van der Waals surface area contributed by atoms with Crippen LogP contribution < -0.4 is 0 Å². The topological polar surface area (TPSA) is 26.3 Å². The van der Waals surface area contributed by atoms with Gasteiger partial charge in [-0.15, -0.1) is 0 Å². The minimum atomic E-state index is -0.407. The molecule has 0 saturated carbocycles. The molecule has 2 nitrogen and oxygen atoms in total. The third-order valence-corrected chi connectivity index (χ3v) is 3.80.